The lowest BCUT2D eigenvalue weighted by Gasteiger charge is -2.30. The molecule has 96 valence electrons. The smallest absolute Gasteiger partial charge is 0.0444 e. The summed E-state index contributed by atoms with van der Waals surface area (Å²) in [4.78, 5) is 0. The van der Waals surface area contributed by atoms with E-state index in [1.54, 1.807) is 0 Å². The largest absolute Gasteiger partial charge is 0.315 e. The number of rotatable bonds is 5. The maximum absolute atomic E-state index is 6.26. The summed E-state index contributed by atoms with van der Waals surface area (Å²) in [5.74, 6) is 0. The first-order valence-electron chi connectivity index (χ1n) is 6.05. The van der Waals surface area contributed by atoms with Crippen LogP contribution >= 0.6 is 23.2 Å². The monoisotopic (exact) mass is 273 g/mol. The first-order valence-corrected chi connectivity index (χ1v) is 6.81. The Hall–Kier alpha value is -0.240. The summed E-state index contributed by atoms with van der Waals surface area (Å²) in [5, 5.41) is 4.97. The van der Waals surface area contributed by atoms with Crippen molar-refractivity contribution in [3.8, 4) is 0 Å². The second-order valence-electron chi connectivity index (χ2n) is 5.17. The van der Waals surface area contributed by atoms with E-state index < -0.39 is 0 Å². The van der Waals surface area contributed by atoms with Crippen molar-refractivity contribution < 1.29 is 0 Å². The molecule has 0 bridgehead atoms. The minimum absolute atomic E-state index is 0.0174. The molecule has 0 radical (unpaired) electrons. The highest BCUT2D eigenvalue weighted by Gasteiger charge is 2.25. The minimum Gasteiger partial charge on any atom is -0.315 e. The predicted molar refractivity (Wildman–Crippen MR) is 77.2 cm³/mol. The molecule has 0 aliphatic rings. The van der Waals surface area contributed by atoms with E-state index in [9.17, 15) is 0 Å². The van der Waals surface area contributed by atoms with Gasteiger partial charge in [0.05, 0.1) is 0 Å². The zero-order valence-corrected chi connectivity index (χ0v) is 12.5. The van der Waals surface area contributed by atoms with Crippen LogP contribution in [0.1, 0.15) is 39.7 Å². The second-order valence-corrected chi connectivity index (χ2v) is 6.01. The van der Waals surface area contributed by atoms with Crippen LogP contribution in [-0.4, -0.2) is 12.6 Å². The standard InChI is InChI=1S/C14H21Cl2N/c1-5-17-10(2)9-14(3,4)12-8-11(15)6-7-13(12)16/h6-8,10,17H,5,9H2,1-4H3. The first-order chi connectivity index (χ1) is 7.86. The fraction of sp³-hybridized carbons (Fsp3) is 0.571. The normalized spacial score (nSPS) is 13.8. The van der Waals surface area contributed by atoms with E-state index >= 15 is 0 Å². The third-order valence-corrected chi connectivity index (χ3v) is 3.59. The molecule has 17 heavy (non-hydrogen) atoms. The Morgan fingerprint density at radius 1 is 1.29 bits per heavy atom. The molecule has 1 unspecified atom stereocenters. The molecule has 0 fully saturated rings. The van der Waals surface area contributed by atoms with Gasteiger partial charge in [0.1, 0.15) is 0 Å². The van der Waals surface area contributed by atoms with Gasteiger partial charge in [-0.2, -0.15) is 0 Å². The van der Waals surface area contributed by atoms with Gasteiger partial charge in [-0.25, -0.2) is 0 Å². The van der Waals surface area contributed by atoms with Crippen molar-refractivity contribution in [1.29, 1.82) is 0 Å². The van der Waals surface area contributed by atoms with Crippen LogP contribution in [0.3, 0.4) is 0 Å². The zero-order chi connectivity index (χ0) is 13.1. The van der Waals surface area contributed by atoms with Crippen LogP contribution in [0.25, 0.3) is 0 Å². The van der Waals surface area contributed by atoms with Gasteiger partial charge in [0.2, 0.25) is 0 Å². The molecule has 1 nitrogen and oxygen atoms in total. The van der Waals surface area contributed by atoms with Gasteiger partial charge in [-0.1, -0.05) is 44.0 Å². The highest BCUT2D eigenvalue weighted by atomic mass is 35.5. The summed E-state index contributed by atoms with van der Waals surface area (Å²) >= 11 is 12.3. The van der Waals surface area contributed by atoms with Gasteiger partial charge in [-0.05, 0) is 49.1 Å². The lowest BCUT2D eigenvalue weighted by atomic mass is 9.79. The molecule has 0 spiro atoms. The van der Waals surface area contributed by atoms with Crippen LogP contribution in [0, 0.1) is 0 Å². The van der Waals surface area contributed by atoms with Gasteiger partial charge in [-0.3, -0.25) is 0 Å². The van der Waals surface area contributed by atoms with Crippen molar-refractivity contribution in [1.82, 2.24) is 5.32 Å². The van der Waals surface area contributed by atoms with Gasteiger partial charge < -0.3 is 5.32 Å². The van der Waals surface area contributed by atoms with Gasteiger partial charge in [0.25, 0.3) is 0 Å². The molecule has 1 N–H and O–H groups in total. The van der Waals surface area contributed by atoms with Crippen LogP contribution in [0.15, 0.2) is 18.2 Å². The molecule has 0 aromatic heterocycles. The van der Waals surface area contributed by atoms with Gasteiger partial charge in [-0.15, -0.1) is 0 Å². The molecule has 0 saturated heterocycles. The van der Waals surface area contributed by atoms with Crippen LogP contribution in [-0.2, 0) is 5.41 Å². The van der Waals surface area contributed by atoms with E-state index in [1.807, 2.05) is 18.2 Å². The molecule has 1 aromatic carbocycles. The molecule has 1 rings (SSSR count). The minimum atomic E-state index is 0.0174. The van der Waals surface area contributed by atoms with Crippen molar-refractivity contribution in [3.05, 3.63) is 33.8 Å². The molecular formula is C14H21Cl2N. The van der Waals surface area contributed by atoms with Crippen molar-refractivity contribution in [2.45, 2.75) is 45.6 Å². The predicted octanol–water partition coefficient (Wildman–Crippen LogP) is 4.66. The highest BCUT2D eigenvalue weighted by Crippen LogP contribution is 2.35. The van der Waals surface area contributed by atoms with Gasteiger partial charge >= 0.3 is 0 Å². The third-order valence-electron chi connectivity index (χ3n) is 3.03. The molecular weight excluding hydrogens is 253 g/mol. The molecule has 0 saturated carbocycles. The highest BCUT2D eigenvalue weighted by molar-refractivity contribution is 6.33. The van der Waals surface area contributed by atoms with Crippen molar-refractivity contribution >= 4 is 23.2 Å². The summed E-state index contributed by atoms with van der Waals surface area (Å²) in [7, 11) is 0. The van der Waals surface area contributed by atoms with Crippen LogP contribution in [0.5, 0.6) is 0 Å². The summed E-state index contributed by atoms with van der Waals surface area (Å²) in [6.45, 7) is 9.72. The first kappa shape index (κ1) is 14.8. The molecule has 1 atom stereocenters. The number of nitrogens with one attached hydrogen (secondary N) is 1. The maximum Gasteiger partial charge on any atom is 0.0444 e. The average Bonchev–Trinajstić information content (AvgIpc) is 2.21. The fourth-order valence-electron chi connectivity index (χ4n) is 2.31. The maximum atomic E-state index is 6.26. The molecule has 0 aliphatic heterocycles. The van der Waals surface area contributed by atoms with Crippen LogP contribution in [0.2, 0.25) is 10.0 Å². The third kappa shape index (κ3) is 4.17. The van der Waals surface area contributed by atoms with Gasteiger partial charge in [0, 0.05) is 16.1 Å². The Bertz CT molecular complexity index is 374. The van der Waals surface area contributed by atoms with E-state index in [-0.39, 0.29) is 5.41 Å². The number of hydrogen-bond donors (Lipinski definition) is 1. The van der Waals surface area contributed by atoms with Crippen molar-refractivity contribution in [2.24, 2.45) is 0 Å². The van der Waals surface area contributed by atoms with Crippen LogP contribution in [0.4, 0.5) is 0 Å². The summed E-state index contributed by atoms with van der Waals surface area (Å²) < 4.78 is 0. The fourth-order valence-corrected chi connectivity index (χ4v) is 2.86. The van der Waals surface area contributed by atoms with Crippen molar-refractivity contribution in [3.63, 3.8) is 0 Å². The topological polar surface area (TPSA) is 12.0 Å². The lowest BCUT2D eigenvalue weighted by molar-refractivity contribution is 0.394. The Labute approximate surface area is 115 Å². The van der Waals surface area contributed by atoms with Crippen molar-refractivity contribution in [2.75, 3.05) is 6.54 Å². The van der Waals surface area contributed by atoms with E-state index in [2.05, 4.69) is 33.0 Å². The molecule has 0 aliphatic carbocycles. The zero-order valence-electron chi connectivity index (χ0n) is 11.0. The Kier molecular flexibility index (Phi) is 5.30. The second kappa shape index (κ2) is 6.08. The molecule has 0 amide bonds. The summed E-state index contributed by atoms with van der Waals surface area (Å²) in [6, 6.07) is 6.14. The summed E-state index contributed by atoms with van der Waals surface area (Å²) in [5.41, 5.74) is 1.14. The van der Waals surface area contributed by atoms with E-state index in [0.717, 1.165) is 28.6 Å². The number of benzene rings is 1. The van der Waals surface area contributed by atoms with E-state index in [1.165, 1.54) is 0 Å². The van der Waals surface area contributed by atoms with E-state index in [0.29, 0.717) is 6.04 Å². The molecule has 0 heterocycles. The van der Waals surface area contributed by atoms with Gasteiger partial charge in [0.15, 0.2) is 0 Å². The lowest BCUT2D eigenvalue weighted by Crippen LogP contribution is -2.33. The Balaban J connectivity index is 2.91. The number of halogens is 2. The average molecular weight is 274 g/mol. The summed E-state index contributed by atoms with van der Waals surface area (Å²) in [6.07, 6.45) is 1.03. The number of hydrogen-bond acceptors (Lipinski definition) is 1. The Morgan fingerprint density at radius 3 is 2.53 bits per heavy atom. The molecule has 3 heteroatoms. The quantitative estimate of drug-likeness (QED) is 0.823. The Morgan fingerprint density at radius 2 is 1.94 bits per heavy atom. The molecule has 1 aromatic rings. The SMILES string of the molecule is CCNC(C)CC(C)(C)c1cc(Cl)ccc1Cl. The van der Waals surface area contributed by atoms with Crippen LogP contribution < -0.4 is 5.32 Å². The van der Waals surface area contributed by atoms with E-state index in [4.69, 9.17) is 23.2 Å².